The number of hydrogen-bond donors (Lipinski definition) is 1. The maximum Gasteiger partial charge on any atom is 0.344 e. The second-order valence-corrected chi connectivity index (χ2v) is 3.51. The molecule has 0 aliphatic carbocycles. The molecule has 5 nitrogen and oxygen atoms in total. The van der Waals surface area contributed by atoms with Crippen molar-refractivity contribution in [2.24, 2.45) is 0 Å². The van der Waals surface area contributed by atoms with Crippen LogP contribution >= 0.6 is 11.6 Å². The highest BCUT2D eigenvalue weighted by Gasteiger charge is 2.20. The van der Waals surface area contributed by atoms with Crippen molar-refractivity contribution in [2.75, 3.05) is 14.2 Å². The van der Waals surface area contributed by atoms with E-state index in [1.54, 1.807) is 6.07 Å². The molecule has 0 fully saturated rings. The van der Waals surface area contributed by atoms with E-state index in [1.165, 1.54) is 20.4 Å². The van der Waals surface area contributed by atoms with Crippen LogP contribution in [0.1, 0.15) is 10.4 Å². The van der Waals surface area contributed by atoms with Crippen LogP contribution in [0.5, 0.6) is 5.88 Å². The molecular formula is C10H9ClN2O3. The van der Waals surface area contributed by atoms with Gasteiger partial charge in [-0.2, -0.15) is 0 Å². The molecule has 0 atom stereocenters. The SMILES string of the molecule is COC(=O)c1c(OC)[nH]c2ncc(Cl)cc12. The van der Waals surface area contributed by atoms with Gasteiger partial charge >= 0.3 is 5.97 Å². The van der Waals surface area contributed by atoms with Crippen LogP contribution in [0.3, 0.4) is 0 Å². The standard InChI is InChI=1S/C10H9ClN2O3/c1-15-9-7(10(14)16-2)6-3-5(11)4-12-8(6)13-9/h3-4H,1-2H3,(H,12,13). The van der Waals surface area contributed by atoms with Gasteiger partial charge in [-0.1, -0.05) is 11.6 Å². The largest absolute Gasteiger partial charge is 0.482 e. The van der Waals surface area contributed by atoms with Gasteiger partial charge in [0.25, 0.3) is 0 Å². The van der Waals surface area contributed by atoms with Gasteiger partial charge < -0.3 is 14.5 Å². The summed E-state index contributed by atoms with van der Waals surface area (Å²) in [4.78, 5) is 18.5. The fraction of sp³-hybridized carbons (Fsp3) is 0.200. The predicted molar refractivity (Wildman–Crippen MR) is 59.0 cm³/mol. The molecule has 1 N–H and O–H groups in total. The normalized spacial score (nSPS) is 10.4. The fourth-order valence-electron chi connectivity index (χ4n) is 1.48. The number of hydrogen-bond acceptors (Lipinski definition) is 4. The first-order valence-electron chi connectivity index (χ1n) is 4.47. The molecule has 0 saturated heterocycles. The van der Waals surface area contributed by atoms with Crippen molar-refractivity contribution < 1.29 is 14.3 Å². The lowest BCUT2D eigenvalue weighted by atomic mass is 10.2. The number of halogens is 1. The molecule has 0 saturated carbocycles. The topological polar surface area (TPSA) is 64.2 Å². The minimum Gasteiger partial charge on any atom is -0.482 e. The van der Waals surface area contributed by atoms with Crippen LogP contribution in [0.4, 0.5) is 0 Å². The van der Waals surface area contributed by atoms with Crippen LogP contribution in [0.25, 0.3) is 11.0 Å². The lowest BCUT2D eigenvalue weighted by Crippen LogP contribution is -2.02. The van der Waals surface area contributed by atoms with Crippen molar-refractivity contribution in [1.29, 1.82) is 0 Å². The predicted octanol–water partition coefficient (Wildman–Crippen LogP) is 2.01. The Labute approximate surface area is 96.3 Å². The molecule has 0 unspecified atom stereocenters. The molecular weight excluding hydrogens is 232 g/mol. The van der Waals surface area contributed by atoms with Crippen molar-refractivity contribution in [3.05, 3.63) is 22.8 Å². The second kappa shape index (κ2) is 4.02. The summed E-state index contributed by atoms with van der Waals surface area (Å²) < 4.78 is 9.73. The third-order valence-corrected chi connectivity index (χ3v) is 2.38. The molecule has 2 heterocycles. The second-order valence-electron chi connectivity index (χ2n) is 3.07. The monoisotopic (exact) mass is 240 g/mol. The zero-order valence-electron chi connectivity index (χ0n) is 8.70. The molecule has 0 bridgehead atoms. The van der Waals surface area contributed by atoms with E-state index in [2.05, 4.69) is 14.7 Å². The summed E-state index contributed by atoms with van der Waals surface area (Å²) in [7, 11) is 2.76. The van der Waals surface area contributed by atoms with Crippen molar-refractivity contribution in [3.63, 3.8) is 0 Å². The van der Waals surface area contributed by atoms with Gasteiger partial charge in [0.05, 0.1) is 19.2 Å². The quantitative estimate of drug-likeness (QED) is 0.816. The van der Waals surface area contributed by atoms with Crippen molar-refractivity contribution in [1.82, 2.24) is 9.97 Å². The lowest BCUT2D eigenvalue weighted by molar-refractivity contribution is 0.0599. The number of rotatable bonds is 2. The first kappa shape index (κ1) is 10.8. The first-order valence-corrected chi connectivity index (χ1v) is 4.84. The van der Waals surface area contributed by atoms with Gasteiger partial charge in [-0.15, -0.1) is 0 Å². The Kier molecular flexibility index (Phi) is 2.70. The summed E-state index contributed by atoms with van der Waals surface area (Å²) in [5.41, 5.74) is 0.830. The average Bonchev–Trinajstić information content (AvgIpc) is 2.65. The number of esters is 1. The molecule has 16 heavy (non-hydrogen) atoms. The molecule has 6 heteroatoms. The number of carbonyl (C=O) groups is 1. The number of carbonyl (C=O) groups excluding carboxylic acids is 1. The zero-order valence-corrected chi connectivity index (χ0v) is 9.46. The van der Waals surface area contributed by atoms with E-state index in [0.717, 1.165) is 0 Å². The highest BCUT2D eigenvalue weighted by atomic mass is 35.5. The van der Waals surface area contributed by atoms with E-state index in [4.69, 9.17) is 16.3 Å². The van der Waals surface area contributed by atoms with E-state index in [1.807, 2.05) is 0 Å². The minimum atomic E-state index is -0.493. The van der Waals surface area contributed by atoms with E-state index in [-0.39, 0.29) is 0 Å². The summed E-state index contributed by atoms with van der Waals surface area (Å²) in [6.07, 6.45) is 1.49. The average molecular weight is 241 g/mol. The molecule has 0 radical (unpaired) electrons. The summed E-state index contributed by atoms with van der Waals surface area (Å²) in [6.45, 7) is 0. The Morgan fingerprint density at radius 1 is 1.50 bits per heavy atom. The van der Waals surface area contributed by atoms with Crippen LogP contribution in [-0.2, 0) is 4.74 Å². The van der Waals surface area contributed by atoms with Gasteiger partial charge in [0.1, 0.15) is 11.2 Å². The molecule has 2 aromatic heterocycles. The van der Waals surface area contributed by atoms with Crippen molar-refractivity contribution in [2.45, 2.75) is 0 Å². The number of aromatic nitrogens is 2. The van der Waals surface area contributed by atoms with Gasteiger partial charge in [-0.3, -0.25) is 0 Å². The van der Waals surface area contributed by atoms with Crippen LogP contribution in [-0.4, -0.2) is 30.2 Å². The summed E-state index contributed by atoms with van der Waals surface area (Å²) in [5, 5.41) is 1.02. The Morgan fingerprint density at radius 2 is 2.25 bits per heavy atom. The third-order valence-electron chi connectivity index (χ3n) is 2.18. The Hall–Kier alpha value is -1.75. The zero-order chi connectivity index (χ0) is 11.7. The van der Waals surface area contributed by atoms with Gasteiger partial charge in [-0.25, -0.2) is 9.78 Å². The molecule has 0 aromatic carbocycles. The Morgan fingerprint density at radius 3 is 2.88 bits per heavy atom. The Balaban J connectivity index is 2.75. The van der Waals surface area contributed by atoms with Gasteiger partial charge in [-0.05, 0) is 6.07 Å². The minimum absolute atomic E-state index is 0.301. The number of nitrogens with zero attached hydrogens (tertiary/aromatic N) is 1. The third kappa shape index (κ3) is 1.59. The Bertz CT molecular complexity index is 550. The number of methoxy groups -OCH3 is 2. The van der Waals surface area contributed by atoms with Gasteiger partial charge in [0.2, 0.25) is 5.88 Å². The van der Waals surface area contributed by atoms with E-state index in [9.17, 15) is 4.79 Å². The van der Waals surface area contributed by atoms with E-state index in [0.29, 0.717) is 27.5 Å². The number of pyridine rings is 1. The molecule has 0 aliphatic heterocycles. The highest BCUT2D eigenvalue weighted by Crippen LogP contribution is 2.28. The van der Waals surface area contributed by atoms with Crippen LogP contribution < -0.4 is 4.74 Å². The maximum absolute atomic E-state index is 11.6. The van der Waals surface area contributed by atoms with Gasteiger partial charge in [0, 0.05) is 11.6 Å². The van der Waals surface area contributed by atoms with Crippen molar-refractivity contribution >= 4 is 28.6 Å². The first-order chi connectivity index (χ1) is 7.67. The van der Waals surface area contributed by atoms with Crippen molar-refractivity contribution in [3.8, 4) is 5.88 Å². The fourth-order valence-corrected chi connectivity index (χ4v) is 1.64. The van der Waals surface area contributed by atoms with Crippen LogP contribution in [0, 0.1) is 0 Å². The number of aromatic amines is 1. The highest BCUT2D eigenvalue weighted by molar-refractivity contribution is 6.31. The number of nitrogens with one attached hydrogen (secondary N) is 1. The van der Waals surface area contributed by atoms with E-state index >= 15 is 0 Å². The van der Waals surface area contributed by atoms with Crippen LogP contribution in [0.15, 0.2) is 12.3 Å². The molecule has 84 valence electrons. The maximum atomic E-state index is 11.6. The molecule has 0 amide bonds. The lowest BCUT2D eigenvalue weighted by Gasteiger charge is -2.00. The van der Waals surface area contributed by atoms with Gasteiger partial charge in [0.15, 0.2) is 0 Å². The smallest absolute Gasteiger partial charge is 0.344 e. The summed E-state index contributed by atoms with van der Waals surface area (Å²) in [6, 6.07) is 1.63. The summed E-state index contributed by atoms with van der Waals surface area (Å²) in [5.74, 6) is -0.177. The number of H-pyrrole nitrogens is 1. The van der Waals surface area contributed by atoms with E-state index < -0.39 is 5.97 Å². The van der Waals surface area contributed by atoms with Crippen LogP contribution in [0.2, 0.25) is 5.02 Å². The molecule has 2 rings (SSSR count). The number of ether oxygens (including phenoxy) is 2. The molecule has 0 aliphatic rings. The number of fused-ring (bicyclic) bond motifs is 1. The molecule has 0 spiro atoms. The molecule has 2 aromatic rings. The summed E-state index contributed by atoms with van der Waals surface area (Å²) >= 11 is 5.82.